The molecule has 0 saturated heterocycles. The zero-order valence-electron chi connectivity index (χ0n) is 9.58. The monoisotopic (exact) mass is 374 g/mol. The summed E-state index contributed by atoms with van der Waals surface area (Å²) in [7, 11) is 0. The second-order valence-electron chi connectivity index (χ2n) is 3.72. The number of anilines is 2. The lowest BCUT2D eigenvalue weighted by Crippen LogP contribution is -2.19. The smallest absolute Gasteiger partial charge is 0.175 e. The lowest BCUT2D eigenvalue weighted by molar-refractivity contribution is 1.57. The minimum atomic E-state index is 0.463. The molecule has 0 aromatic heterocycles. The summed E-state index contributed by atoms with van der Waals surface area (Å²) < 4.78 is 0.934. The molecule has 19 heavy (non-hydrogen) atoms. The molecule has 2 nitrogen and oxygen atoms in total. The number of hydrogen-bond acceptors (Lipinski definition) is 1. The van der Waals surface area contributed by atoms with Gasteiger partial charge in [-0.1, -0.05) is 35.3 Å². The number of halogens is 3. The van der Waals surface area contributed by atoms with Gasteiger partial charge in [-0.25, -0.2) is 0 Å². The Morgan fingerprint density at radius 2 is 1.63 bits per heavy atom. The Labute approximate surface area is 135 Å². The molecule has 0 heterocycles. The summed E-state index contributed by atoms with van der Waals surface area (Å²) in [6.07, 6.45) is 0. The van der Waals surface area contributed by atoms with Crippen LogP contribution >= 0.6 is 51.3 Å². The highest BCUT2D eigenvalue weighted by molar-refractivity contribution is 9.10. The first-order chi connectivity index (χ1) is 9.04. The highest BCUT2D eigenvalue weighted by Gasteiger charge is 2.03. The van der Waals surface area contributed by atoms with Gasteiger partial charge in [-0.05, 0) is 58.5 Å². The lowest BCUT2D eigenvalue weighted by Gasteiger charge is -2.12. The van der Waals surface area contributed by atoms with Crippen LogP contribution < -0.4 is 10.6 Å². The highest BCUT2D eigenvalue weighted by Crippen LogP contribution is 2.24. The summed E-state index contributed by atoms with van der Waals surface area (Å²) in [5.41, 5.74) is 1.62. The number of thiocarbonyl (C=S) groups is 1. The maximum atomic E-state index is 5.92. The maximum Gasteiger partial charge on any atom is 0.175 e. The van der Waals surface area contributed by atoms with Gasteiger partial charge >= 0.3 is 0 Å². The Bertz CT molecular complexity index is 599. The third-order valence-corrected chi connectivity index (χ3v) is 3.57. The Hall–Kier alpha value is -0.810. The van der Waals surface area contributed by atoms with Crippen molar-refractivity contribution in [2.24, 2.45) is 0 Å². The summed E-state index contributed by atoms with van der Waals surface area (Å²) in [6, 6.07) is 12.9. The fourth-order valence-corrected chi connectivity index (χ4v) is 2.61. The zero-order valence-corrected chi connectivity index (χ0v) is 13.5. The molecule has 0 unspecified atom stereocenters. The number of para-hydroxylation sites is 1. The van der Waals surface area contributed by atoms with E-state index in [0.717, 1.165) is 15.8 Å². The van der Waals surface area contributed by atoms with E-state index in [-0.39, 0.29) is 0 Å². The normalized spacial score (nSPS) is 10.1. The van der Waals surface area contributed by atoms with E-state index in [1.807, 2.05) is 24.3 Å². The fourth-order valence-electron chi connectivity index (χ4n) is 1.47. The maximum absolute atomic E-state index is 5.92. The molecule has 0 spiro atoms. The molecule has 2 rings (SSSR count). The van der Waals surface area contributed by atoms with Crippen molar-refractivity contribution < 1.29 is 0 Å². The van der Waals surface area contributed by atoms with E-state index in [9.17, 15) is 0 Å². The SMILES string of the molecule is S=C(Nc1cc(Cl)cc(Cl)c1)Nc1ccccc1Br. The van der Waals surface area contributed by atoms with E-state index in [1.165, 1.54) is 0 Å². The molecule has 0 atom stereocenters. The summed E-state index contributed by atoms with van der Waals surface area (Å²) in [6.45, 7) is 0. The van der Waals surface area contributed by atoms with Crippen molar-refractivity contribution in [3.8, 4) is 0 Å². The van der Waals surface area contributed by atoms with Crippen LogP contribution in [0.3, 0.4) is 0 Å². The van der Waals surface area contributed by atoms with Crippen LogP contribution in [0.15, 0.2) is 46.9 Å². The van der Waals surface area contributed by atoms with Crippen molar-refractivity contribution in [1.82, 2.24) is 0 Å². The molecule has 0 amide bonds. The second kappa shape index (κ2) is 6.57. The van der Waals surface area contributed by atoms with Gasteiger partial charge < -0.3 is 10.6 Å². The first-order valence-electron chi connectivity index (χ1n) is 5.33. The summed E-state index contributed by atoms with van der Waals surface area (Å²) in [4.78, 5) is 0. The van der Waals surface area contributed by atoms with Gasteiger partial charge in [-0.15, -0.1) is 0 Å². The van der Waals surface area contributed by atoms with E-state index in [1.54, 1.807) is 18.2 Å². The molecular weight excluding hydrogens is 367 g/mol. The Kier molecular flexibility index (Phi) is 5.05. The van der Waals surface area contributed by atoms with Gasteiger partial charge in [-0.3, -0.25) is 0 Å². The first-order valence-corrected chi connectivity index (χ1v) is 7.29. The van der Waals surface area contributed by atoms with Gasteiger partial charge in [0.05, 0.1) is 5.69 Å². The van der Waals surface area contributed by atoms with Crippen LogP contribution in [0, 0.1) is 0 Å². The van der Waals surface area contributed by atoms with Crippen molar-refractivity contribution in [2.75, 3.05) is 10.6 Å². The van der Waals surface area contributed by atoms with Crippen molar-refractivity contribution in [2.45, 2.75) is 0 Å². The van der Waals surface area contributed by atoms with Crippen molar-refractivity contribution in [3.63, 3.8) is 0 Å². The molecule has 6 heteroatoms. The van der Waals surface area contributed by atoms with Crippen LogP contribution in [0.2, 0.25) is 10.0 Å². The average Bonchev–Trinajstić information content (AvgIpc) is 2.30. The predicted octanol–water partition coefficient (Wildman–Crippen LogP) is 5.56. The first kappa shape index (κ1) is 14.6. The third kappa shape index (κ3) is 4.35. The Morgan fingerprint density at radius 1 is 1.00 bits per heavy atom. The lowest BCUT2D eigenvalue weighted by atomic mass is 10.3. The van der Waals surface area contributed by atoms with E-state index < -0.39 is 0 Å². The quantitative estimate of drug-likeness (QED) is 0.671. The van der Waals surface area contributed by atoms with Crippen LogP contribution in [0.5, 0.6) is 0 Å². The molecule has 0 saturated carbocycles. The van der Waals surface area contributed by atoms with Gasteiger partial charge in [0.25, 0.3) is 0 Å². The van der Waals surface area contributed by atoms with Crippen LogP contribution in [0.1, 0.15) is 0 Å². The van der Waals surface area contributed by atoms with Crippen molar-refractivity contribution in [1.29, 1.82) is 0 Å². The standard InChI is InChI=1S/C13H9BrCl2N2S/c14-11-3-1-2-4-12(11)18-13(19)17-10-6-8(15)5-9(16)7-10/h1-7H,(H2,17,18,19). The molecule has 2 aromatic carbocycles. The predicted molar refractivity (Wildman–Crippen MR) is 90.4 cm³/mol. The topological polar surface area (TPSA) is 24.1 Å². The van der Waals surface area contributed by atoms with E-state index in [2.05, 4.69) is 26.6 Å². The zero-order chi connectivity index (χ0) is 13.8. The molecule has 0 aliphatic carbocycles. The molecule has 0 aliphatic heterocycles. The van der Waals surface area contributed by atoms with Crippen LogP contribution in [-0.4, -0.2) is 5.11 Å². The van der Waals surface area contributed by atoms with Crippen LogP contribution in [0.4, 0.5) is 11.4 Å². The Balaban J connectivity index is 2.07. The third-order valence-electron chi connectivity index (χ3n) is 2.24. The fraction of sp³-hybridized carbons (Fsp3) is 0. The van der Waals surface area contributed by atoms with Gasteiger partial charge in [0.1, 0.15) is 0 Å². The molecule has 0 bridgehead atoms. The number of nitrogens with one attached hydrogen (secondary N) is 2. The number of rotatable bonds is 2. The van der Waals surface area contributed by atoms with Crippen LogP contribution in [0.25, 0.3) is 0 Å². The largest absolute Gasteiger partial charge is 0.332 e. The molecule has 2 aromatic rings. The van der Waals surface area contributed by atoms with Gasteiger partial charge in [0, 0.05) is 20.2 Å². The second-order valence-corrected chi connectivity index (χ2v) is 5.85. The highest BCUT2D eigenvalue weighted by atomic mass is 79.9. The minimum absolute atomic E-state index is 0.463. The van der Waals surface area contributed by atoms with E-state index >= 15 is 0 Å². The van der Waals surface area contributed by atoms with Gasteiger partial charge in [0.15, 0.2) is 5.11 Å². The molecule has 98 valence electrons. The molecular formula is C13H9BrCl2N2S. The summed E-state index contributed by atoms with van der Waals surface area (Å²) >= 11 is 20.5. The van der Waals surface area contributed by atoms with Crippen molar-refractivity contribution >= 4 is 67.8 Å². The average molecular weight is 376 g/mol. The van der Waals surface area contributed by atoms with E-state index in [4.69, 9.17) is 35.4 Å². The minimum Gasteiger partial charge on any atom is -0.332 e. The van der Waals surface area contributed by atoms with Gasteiger partial charge in [0.2, 0.25) is 0 Å². The molecule has 0 aliphatic rings. The Morgan fingerprint density at radius 3 is 2.26 bits per heavy atom. The molecule has 2 N–H and O–H groups in total. The number of benzene rings is 2. The number of hydrogen-bond donors (Lipinski definition) is 2. The summed E-state index contributed by atoms with van der Waals surface area (Å²) in [5, 5.41) is 7.69. The van der Waals surface area contributed by atoms with Crippen LogP contribution in [-0.2, 0) is 0 Å². The summed E-state index contributed by atoms with van der Waals surface area (Å²) in [5.74, 6) is 0. The molecule has 0 fully saturated rings. The van der Waals surface area contributed by atoms with Gasteiger partial charge in [-0.2, -0.15) is 0 Å². The molecule has 0 radical (unpaired) electrons. The van der Waals surface area contributed by atoms with E-state index in [0.29, 0.717) is 15.2 Å². The van der Waals surface area contributed by atoms with Crippen molar-refractivity contribution in [3.05, 3.63) is 57.0 Å².